The molecule has 0 amide bonds. The number of ether oxygens (including phenoxy) is 1. The van der Waals surface area contributed by atoms with Gasteiger partial charge in [0.05, 0.1) is 18.8 Å². The van der Waals surface area contributed by atoms with E-state index < -0.39 is 6.67 Å². The molecule has 86 valence electrons. The van der Waals surface area contributed by atoms with E-state index in [1.807, 2.05) is 0 Å². The molecule has 1 rings (SSSR count). The SMILES string of the molecule is COc1cc([C@H](N)CCF)ccc1Cl.Cl. The molecule has 2 nitrogen and oxygen atoms in total. The van der Waals surface area contributed by atoms with E-state index in [-0.39, 0.29) is 18.4 Å². The molecular formula is C10H14Cl2FNO. The first-order valence-corrected chi connectivity index (χ1v) is 4.71. The van der Waals surface area contributed by atoms with Crippen LogP contribution in [0.5, 0.6) is 5.75 Å². The minimum absolute atomic E-state index is 0. The van der Waals surface area contributed by atoms with E-state index in [2.05, 4.69) is 0 Å². The van der Waals surface area contributed by atoms with Gasteiger partial charge >= 0.3 is 0 Å². The van der Waals surface area contributed by atoms with Gasteiger partial charge in [-0.2, -0.15) is 0 Å². The number of alkyl halides is 1. The van der Waals surface area contributed by atoms with Gasteiger partial charge in [0, 0.05) is 6.04 Å². The van der Waals surface area contributed by atoms with Crippen LogP contribution in [0.3, 0.4) is 0 Å². The summed E-state index contributed by atoms with van der Waals surface area (Å²) in [6.45, 7) is -0.424. The largest absolute Gasteiger partial charge is 0.495 e. The third-order valence-corrected chi connectivity index (χ3v) is 2.34. The molecule has 0 saturated heterocycles. The summed E-state index contributed by atoms with van der Waals surface area (Å²) in [6.07, 6.45) is 0.310. The molecule has 0 bridgehead atoms. The van der Waals surface area contributed by atoms with E-state index in [0.29, 0.717) is 17.2 Å². The molecule has 0 aliphatic heterocycles. The summed E-state index contributed by atoms with van der Waals surface area (Å²) in [7, 11) is 1.53. The maximum absolute atomic E-state index is 12.1. The van der Waals surface area contributed by atoms with Crippen molar-refractivity contribution in [3.63, 3.8) is 0 Å². The van der Waals surface area contributed by atoms with Gasteiger partial charge in [0.2, 0.25) is 0 Å². The Bertz CT molecular complexity index is 309. The zero-order valence-electron chi connectivity index (χ0n) is 8.37. The van der Waals surface area contributed by atoms with Crippen LogP contribution in [0.2, 0.25) is 5.02 Å². The number of benzene rings is 1. The average molecular weight is 254 g/mol. The number of halogens is 3. The van der Waals surface area contributed by atoms with E-state index in [0.717, 1.165) is 5.56 Å². The first-order valence-electron chi connectivity index (χ1n) is 4.34. The normalized spacial score (nSPS) is 11.7. The number of methoxy groups -OCH3 is 1. The summed E-state index contributed by atoms with van der Waals surface area (Å²) in [4.78, 5) is 0. The van der Waals surface area contributed by atoms with Gasteiger partial charge < -0.3 is 10.5 Å². The highest BCUT2D eigenvalue weighted by Gasteiger charge is 2.08. The van der Waals surface area contributed by atoms with E-state index in [9.17, 15) is 4.39 Å². The Kier molecular flexibility index (Phi) is 6.65. The molecule has 0 aromatic heterocycles. The maximum atomic E-state index is 12.1. The first-order chi connectivity index (χ1) is 6.69. The van der Waals surface area contributed by atoms with E-state index >= 15 is 0 Å². The molecule has 0 unspecified atom stereocenters. The van der Waals surface area contributed by atoms with E-state index in [1.54, 1.807) is 18.2 Å². The van der Waals surface area contributed by atoms with Gasteiger partial charge in [0.25, 0.3) is 0 Å². The molecule has 0 spiro atoms. The lowest BCUT2D eigenvalue weighted by molar-refractivity contribution is 0.412. The van der Waals surface area contributed by atoms with Crippen molar-refractivity contribution in [1.82, 2.24) is 0 Å². The summed E-state index contributed by atoms with van der Waals surface area (Å²) >= 11 is 5.84. The van der Waals surface area contributed by atoms with Crippen LogP contribution >= 0.6 is 24.0 Å². The second-order valence-electron chi connectivity index (χ2n) is 2.98. The summed E-state index contributed by atoms with van der Waals surface area (Å²) in [5.41, 5.74) is 6.58. The lowest BCUT2D eigenvalue weighted by Gasteiger charge is -2.11. The van der Waals surface area contributed by atoms with Gasteiger partial charge in [-0.25, -0.2) is 0 Å². The Morgan fingerprint density at radius 1 is 1.53 bits per heavy atom. The first kappa shape index (κ1) is 14.5. The van der Waals surface area contributed by atoms with Crippen LogP contribution in [-0.2, 0) is 0 Å². The smallest absolute Gasteiger partial charge is 0.137 e. The van der Waals surface area contributed by atoms with Crippen molar-refractivity contribution in [3.05, 3.63) is 28.8 Å². The van der Waals surface area contributed by atoms with E-state index in [4.69, 9.17) is 22.1 Å². The molecule has 1 aromatic carbocycles. The standard InChI is InChI=1S/C10H13ClFNO.ClH/c1-14-10-6-7(2-3-8(10)11)9(13)4-5-12;/h2-3,6,9H,4-5,13H2,1H3;1H/t9-;/m1./s1. The quantitative estimate of drug-likeness (QED) is 0.895. The molecule has 0 saturated carbocycles. The van der Waals surface area contributed by atoms with Crippen LogP contribution in [0.4, 0.5) is 4.39 Å². The van der Waals surface area contributed by atoms with Gasteiger partial charge in [-0.3, -0.25) is 4.39 Å². The Hall–Kier alpha value is -0.510. The molecule has 5 heteroatoms. The molecule has 0 aliphatic rings. The predicted molar refractivity (Wildman–Crippen MR) is 62.8 cm³/mol. The molecule has 1 atom stereocenters. The Labute approximate surface area is 100.0 Å². The topological polar surface area (TPSA) is 35.2 Å². The van der Waals surface area contributed by atoms with Crippen LogP contribution in [0, 0.1) is 0 Å². The number of nitrogens with two attached hydrogens (primary N) is 1. The van der Waals surface area contributed by atoms with Crippen molar-refractivity contribution in [2.75, 3.05) is 13.8 Å². The summed E-state index contributed by atoms with van der Waals surface area (Å²) in [6, 6.07) is 4.92. The summed E-state index contributed by atoms with van der Waals surface area (Å²) in [5, 5.41) is 0.531. The van der Waals surface area contributed by atoms with Gasteiger partial charge in [0.15, 0.2) is 0 Å². The second kappa shape index (κ2) is 6.88. The van der Waals surface area contributed by atoms with Crippen LogP contribution in [-0.4, -0.2) is 13.8 Å². The molecule has 0 heterocycles. The number of hydrogen-bond donors (Lipinski definition) is 1. The fraction of sp³-hybridized carbons (Fsp3) is 0.400. The van der Waals surface area contributed by atoms with Crippen LogP contribution in [0.15, 0.2) is 18.2 Å². The molecule has 2 N–H and O–H groups in total. The maximum Gasteiger partial charge on any atom is 0.137 e. The number of hydrogen-bond acceptors (Lipinski definition) is 2. The summed E-state index contributed by atoms with van der Waals surface area (Å²) < 4.78 is 17.1. The monoisotopic (exact) mass is 253 g/mol. The van der Waals surface area contributed by atoms with Gasteiger partial charge in [-0.05, 0) is 24.1 Å². The minimum atomic E-state index is -0.424. The van der Waals surface area contributed by atoms with Crippen LogP contribution in [0.1, 0.15) is 18.0 Å². The molecule has 0 radical (unpaired) electrons. The molecule has 15 heavy (non-hydrogen) atoms. The highest BCUT2D eigenvalue weighted by molar-refractivity contribution is 6.32. The van der Waals surface area contributed by atoms with Crippen molar-refractivity contribution in [3.8, 4) is 5.75 Å². The highest BCUT2D eigenvalue weighted by atomic mass is 35.5. The van der Waals surface area contributed by atoms with Crippen molar-refractivity contribution in [1.29, 1.82) is 0 Å². The molecular weight excluding hydrogens is 240 g/mol. The van der Waals surface area contributed by atoms with E-state index in [1.165, 1.54) is 7.11 Å². The fourth-order valence-corrected chi connectivity index (χ4v) is 1.39. The Balaban J connectivity index is 0.00000196. The van der Waals surface area contributed by atoms with Gasteiger partial charge in [-0.15, -0.1) is 12.4 Å². The average Bonchev–Trinajstić information content (AvgIpc) is 2.19. The zero-order valence-corrected chi connectivity index (χ0v) is 9.95. The fourth-order valence-electron chi connectivity index (χ4n) is 1.19. The van der Waals surface area contributed by atoms with Crippen molar-refractivity contribution in [2.24, 2.45) is 5.73 Å². The third kappa shape index (κ3) is 3.86. The van der Waals surface area contributed by atoms with Crippen LogP contribution in [0.25, 0.3) is 0 Å². The summed E-state index contributed by atoms with van der Waals surface area (Å²) in [5.74, 6) is 0.568. The van der Waals surface area contributed by atoms with Gasteiger partial charge in [-0.1, -0.05) is 17.7 Å². The third-order valence-electron chi connectivity index (χ3n) is 2.02. The zero-order chi connectivity index (χ0) is 10.6. The molecule has 1 aromatic rings. The lowest BCUT2D eigenvalue weighted by Crippen LogP contribution is -2.10. The van der Waals surface area contributed by atoms with Crippen LogP contribution < -0.4 is 10.5 Å². The van der Waals surface area contributed by atoms with Crippen molar-refractivity contribution >= 4 is 24.0 Å². The predicted octanol–water partition coefficient (Wildman–Crippen LogP) is 3.13. The molecule has 0 fully saturated rings. The van der Waals surface area contributed by atoms with Gasteiger partial charge in [0.1, 0.15) is 5.75 Å². The molecule has 0 aliphatic carbocycles. The van der Waals surface area contributed by atoms with Crippen molar-refractivity contribution < 1.29 is 9.13 Å². The number of rotatable bonds is 4. The highest BCUT2D eigenvalue weighted by Crippen LogP contribution is 2.27. The van der Waals surface area contributed by atoms with Crippen molar-refractivity contribution in [2.45, 2.75) is 12.5 Å². The Morgan fingerprint density at radius 3 is 2.73 bits per heavy atom. The lowest BCUT2D eigenvalue weighted by atomic mass is 10.1. The Morgan fingerprint density at radius 2 is 2.20 bits per heavy atom. The second-order valence-corrected chi connectivity index (χ2v) is 3.39. The minimum Gasteiger partial charge on any atom is -0.495 e.